The number of carbonyl (C=O) groups excluding carboxylic acids is 1. The van der Waals surface area contributed by atoms with Crippen molar-refractivity contribution >= 4 is 35.0 Å². The number of hydrogen-bond acceptors (Lipinski definition) is 3. The van der Waals surface area contributed by atoms with Crippen molar-refractivity contribution in [3.8, 4) is 0 Å². The first-order chi connectivity index (χ1) is 9.66. The molecule has 0 bridgehead atoms. The van der Waals surface area contributed by atoms with Gasteiger partial charge in [-0.05, 0) is 30.3 Å². The predicted molar refractivity (Wildman–Crippen MR) is 77.7 cm³/mol. The standard InChI is InChI=1S/C15H11NO3S/c17-14-9-20-13-7-6-10(15(18)19)8-12(13)16(14)11-4-2-1-3-5-11/h1-8H,9H2,(H,18,19). The van der Waals surface area contributed by atoms with Crippen LogP contribution in [0.1, 0.15) is 10.4 Å². The molecule has 0 aromatic heterocycles. The third-order valence-electron chi connectivity index (χ3n) is 3.06. The van der Waals surface area contributed by atoms with Crippen molar-refractivity contribution in [2.24, 2.45) is 0 Å². The summed E-state index contributed by atoms with van der Waals surface area (Å²) in [5, 5.41) is 9.10. The van der Waals surface area contributed by atoms with Crippen molar-refractivity contribution in [3.63, 3.8) is 0 Å². The molecule has 4 nitrogen and oxygen atoms in total. The molecular formula is C15H11NO3S. The summed E-state index contributed by atoms with van der Waals surface area (Å²) in [6, 6.07) is 14.1. The summed E-state index contributed by atoms with van der Waals surface area (Å²) in [6.45, 7) is 0. The molecule has 1 aliphatic heterocycles. The van der Waals surface area contributed by atoms with Crippen LogP contribution in [0.4, 0.5) is 11.4 Å². The number of amides is 1. The van der Waals surface area contributed by atoms with Crippen LogP contribution in [0.25, 0.3) is 0 Å². The molecule has 20 heavy (non-hydrogen) atoms. The van der Waals surface area contributed by atoms with Gasteiger partial charge in [0.2, 0.25) is 5.91 Å². The molecule has 100 valence electrons. The number of aromatic carboxylic acids is 1. The Morgan fingerprint density at radius 1 is 1.15 bits per heavy atom. The Morgan fingerprint density at radius 3 is 2.60 bits per heavy atom. The van der Waals surface area contributed by atoms with Crippen molar-refractivity contribution in [1.29, 1.82) is 0 Å². The first-order valence-corrected chi connectivity index (χ1v) is 7.03. The second-order valence-corrected chi connectivity index (χ2v) is 5.36. The van der Waals surface area contributed by atoms with E-state index < -0.39 is 5.97 Å². The van der Waals surface area contributed by atoms with Gasteiger partial charge in [-0.15, -0.1) is 11.8 Å². The van der Waals surface area contributed by atoms with Crippen LogP contribution in [-0.4, -0.2) is 22.7 Å². The van der Waals surface area contributed by atoms with E-state index in [1.807, 2.05) is 30.3 Å². The molecule has 5 heteroatoms. The minimum absolute atomic E-state index is 0.0451. The first-order valence-electron chi connectivity index (χ1n) is 6.05. The quantitative estimate of drug-likeness (QED) is 0.921. The van der Waals surface area contributed by atoms with E-state index in [0.717, 1.165) is 10.6 Å². The lowest BCUT2D eigenvalue weighted by atomic mass is 10.1. The van der Waals surface area contributed by atoms with Gasteiger partial charge in [-0.2, -0.15) is 0 Å². The third-order valence-corrected chi connectivity index (χ3v) is 4.11. The molecule has 0 aliphatic carbocycles. The van der Waals surface area contributed by atoms with Crippen LogP contribution in [0.5, 0.6) is 0 Å². The van der Waals surface area contributed by atoms with Gasteiger partial charge in [0.05, 0.1) is 17.0 Å². The number of para-hydroxylation sites is 1. The summed E-state index contributed by atoms with van der Waals surface area (Å²) in [5.74, 6) is -0.686. The van der Waals surface area contributed by atoms with Crippen LogP contribution in [0.3, 0.4) is 0 Å². The van der Waals surface area contributed by atoms with E-state index in [0.29, 0.717) is 11.4 Å². The molecule has 3 rings (SSSR count). The molecule has 1 aliphatic rings. The molecule has 2 aromatic carbocycles. The Balaban J connectivity index is 2.15. The fraction of sp³-hybridized carbons (Fsp3) is 0.0667. The molecule has 1 amide bonds. The lowest BCUT2D eigenvalue weighted by molar-refractivity contribution is -0.115. The zero-order valence-electron chi connectivity index (χ0n) is 10.4. The molecule has 0 spiro atoms. The van der Waals surface area contributed by atoms with Gasteiger partial charge < -0.3 is 5.11 Å². The zero-order chi connectivity index (χ0) is 14.1. The van der Waals surface area contributed by atoms with Gasteiger partial charge >= 0.3 is 5.97 Å². The Bertz CT molecular complexity index is 685. The van der Waals surface area contributed by atoms with Crippen molar-refractivity contribution in [3.05, 3.63) is 54.1 Å². The van der Waals surface area contributed by atoms with E-state index in [1.165, 1.54) is 11.8 Å². The predicted octanol–water partition coefficient (Wildman–Crippen LogP) is 3.16. The normalized spacial score (nSPS) is 14.0. The largest absolute Gasteiger partial charge is 0.478 e. The maximum Gasteiger partial charge on any atom is 0.335 e. The minimum Gasteiger partial charge on any atom is -0.478 e. The van der Waals surface area contributed by atoms with E-state index in [4.69, 9.17) is 5.11 Å². The first kappa shape index (κ1) is 12.7. The van der Waals surface area contributed by atoms with E-state index in [2.05, 4.69) is 0 Å². The summed E-state index contributed by atoms with van der Waals surface area (Å²) in [7, 11) is 0. The summed E-state index contributed by atoms with van der Waals surface area (Å²) in [5.41, 5.74) is 1.57. The number of nitrogens with zero attached hydrogens (tertiary/aromatic N) is 1. The Morgan fingerprint density at radius 2 is 1.90 bits per heavy atom. The van der Waals surface area contributed by atoms with Gasteiger partial charge in [0.1, 0.15) is 0 Å². The molecule has 0 saturated carbocycles. The highest BCUT2D eigenvalue weighted by atomic mass is 32.2. The number of thioether (sulfide) groups is 1. The van der Waals surface area contributed by atoms with E-state index in [-0.39, 0.29) is 11.5 Å². The van der Waals surface area contributed by atoms with E-state index in [1.54, 1.807) is 23.1 Å². The second kappa shape index (κ2) is 5.02. The molecule has 1 N–H and O–H groups in total. The SMILES string of the molecule is O=C(O)c1ccc2c(c1)N(c1ccccc1)C(=O)CS2. The van der Waals surface area contributed by atoms with Gasteiger partial charge in [-0.3, -0.25) is 9.69 Å². The third kappa shape index (κ3) is 2.16. The number of hydrogen-bond donors (Lipinski definition) is 1. The molecule has 0 atom stereocenters. The Hall–Kier alpha value is -2.27. The van der Waals surface area contributed by atoms with Gasteiger partial charge in [0.25, 0.3) is 0 Å². The number of fused-ring (bicyclic) bond motifs is 1. The summed E-state index contributed by atoms with van der Waals surface area (Å²) >= 11 is 1.43. The van der Waals surface area contributed by atoms with Crippen molar-refractivity contribution in [2.75, 3.05) is 10.7 Å². The molecule has 0 saturated heterocycles. The highest BCUT2D eigenvalue weighted by Gasteiger charge is 2.26. The molecular weight excluding hydrogens is 274 g/mol. The van der Waals surface area contributed by atoms with Gasteiger partial charge in [-0.25, -0.2) is 4.79 Å². The van der Waals surface area contributed by atoms with Crippen LogP contribution < -0.4 is 4.90 Å². The number of carboxylic acid groups (broad SMARTS) is 1. The van der Waals surface area contributed by atoms with Gasteiger partial charge in [0.15, 0.2) is 0 Å². The number of rotatable bonds is 2. The molecule has 0 unspecified atom stereocenters. The molecule has 0 radical (unpaired) electrons. The Labute approximate surface area is 120 Å². The van der Waals surface area contributed by atoms with Crippen molar-refractivity contribution < 1.29 is 14.7 Å². The number of carboxylic acids is 1. The second-order valence-electron chi connectivity index (χ2n) is 4.34. The fourth-order valence-corrected chi connectivity index (χ4v) is 3.02. The van der Waals surface area contributed by atoms with Gasteiger partial charge in [-0.1, -0.05) is 18.2 Å². The fourth-order valence-electron chi connectivity index (χ4n) is 2.15. The lowest BCUT2D eigenvalue weighted by Crippen LogP contribution is -2.31. The summed E-state index contributed by atoms with van der Waals surface area (Å²) < 4.78 is 0. The van der Waals surface area contributed by atoms with Crippen molar-refractivity contribution in [2.45, 2.75) is 4.90 Å². The zero-order valence-corrected chi connectivity index (χ0v) is 11.3. The maximum absolute atomic E-state index is 12.2. The van der Waals surface area contributed by atoms with Gasteiger partial charge in [0, 0.05) is 10.6 Å². The summed E-state index contributed by atoms with van der Waals surface area (Å²) in [4.78, 5) is 25.8. The van der Waals surface area contributed by atoms with Crippen LogP contribution in [-0.2, 0) is 4.79 Å². The average Bonchev–Trinajstić information content (AvgIpc) is 2.47. The lowest BCUT2D eigenvalue weighted by Gasteiger charge is -2.29. The monoisotopic (exact) mass is 285 g/mol. The molecule has 0 fully saturated rings. The highest BCUT2D eigenvalue weighted by Crippen LogP contribution is 2.39. The smallest absolute Gasteiger partial charge is 0.335 e. The molecule has 1 heterocycles. The maximum atomic E-state index is 12.2. The highest BCUT2D eigenvalue weighted by molar-refractivity contribution is 8.00. The topological polar surface area (TPSA) is 57.6 Å². The average molecular weight is 285 g/mol. The number of anilines is 2. The number of carbonyl (C=O) groups is 2. The van der Waals surface area contributed by atoms with Crippen LogP contribution in [0, 0.1) is 0 Å². The Kier molecular flexibility index (Phi) is 3.20. The van der Waals surface area contributed by atoms with Crippen LogP contribution in [0.2, 0.25) is 0 Å². The van der Waals surface area contributed by atoms with Crippen molar-refractivity contribution in [1.82, 2.24) is 0 Å². The number of benzene rings is 2. The van der Waals surface area contributed by atoms with E-state index >= 15 is 0 Å². The molecule has 2 aromatic rings. The minimum atomic E-state index is -0.996. The van der Waals surface area contributed by atoms with E-state index in [9.17, 15) is 9.59 Å². The van der Waals surface area contributed by atoms with Crippen LogP contribution in [0.15, 0.2) is 53.4 Å². The van der Waals surface area contributed by atoms with Crippen LogP contribution >= 0.6 is 11.8 Å². The summed E-state index contributed by atoms with van der Waals surface area (Å²) in [6.07, 6.45) is 0.